The fourth-order valence-corrected chi connectivity index (χ4v) is 3.41. The van der Waals surface area contributed by atoms with Crippen LogP contribution in [0.15, 0.2) is 36.5 Å². The topological polar surface area (TPSA) is 38.1 Å². The van der Waals surface area contributed by atoms with Crippen molar-refractivity contribution in [2.24, 2.45) is 7.05 Å². The van der Waals surface area contributed by atoms with Crippen molar-refractivity contribution in [3.8, 4) is 0 Å². The average molecular weight is 311 g/mol. The van der Waals surface area contributed by atoms with E-state index in [1.165, 1.54) is 5.56 Å². The van der Waals surface area contributed by atoms with Crippen LogP contribution >= 0.6 is 0 Å². The van der Waals surface area contributed by atoms with Gasteiger partial charge in [-0.2, -0.15) is 5.10 Å². The molecule has 1 aromatic carbocycles. The molecule has 0 atom stereocenters. The van der Waals surface area contributed by atoms with E-state index in [0.717, 1.165) is 37.2 Å². The van der Waals surface area contributed by atoms with Crippen LogP contribution in [0.25, 0.3) is 0 Å². The largest absolute Gasteiger partial charge is 0.338 e. The lowest BCUT2D eigenvalue weighted by Crippen LogP contribution is -2.38. The van der Waals surface area contributed by atoms with E-state index in [1.54, 1.807) is 4.68 Å². The van der Waals surface area contributed by atoms with Crippen molar-refractivity contribution >= 4 is 5.91 Å². The number of likely N-dealkylation sites (tertiary alicyclic amines) is 1. The highest BCUT2D eigenvalue weighted by Crippen LogP contribution is 2.29. The lowest BCUT2D eigenvalue weighted by atomic mass is 9.89. The molecule has 1 aliphatic rings. The monoisotopic (exact) mass is 311 g/mol. The number of benzene rings is 1. The Morgan fingerprint density at radius 3 is 2.43 bits per heavy atom. The highest BCUT2D eigenvalue weighted by molar-refractivity contribution is 5.95. The number of amides is 1. The molecule has 0 spiro atoms. The molecule has 0 unspecified atom stereocenters. The number of hydrogen-bond acceptors (Lipinski definition) is 2. The van der Waals surface area contributed by atoms with E-state index < -0.39 is 0 Å². The Balaban J connectivity index is 1.69. The molecule has 122 valence electrons. The van der Waals surface area contributed by atoms with Crippen LogP contribution in [-0.2, 0) is 7.05 Å². The Hall–Kier alpha value is -2.10. The predicted molar refractivity (Wildman–Crippen MR) is 91.6 cm³/mol. The molecular formula is C19H25N3O. The molecule has 1 aliphatic heterocycles. The normalized spacial score (nSPS) is 16.1. The molecular weight excluding hydrogens is 286 g/mol. The summed E-state index contributed by atoms with van der Waals surface area (Å²) in [5.41, 5.74) is 3.06. The van der Waals surface area contributed by atoms with E-state index in [4.69, 9.17) is 0 Å². The summed E-state index contributed by atoms with van der Waals surface area (Å²) in [5.74, 6) is 0.962. The van der Waals surface area contributed by atoms with Gasteiger partial charge in [-0.3, -0.25) is 9.48 Å². The second kappa shape index (κ2) is 6.57. The number of piperidine rings is 1. The van der Waals surface area contributed by atoms with Gasteiger partial charge in [0.15, 0.2) is 0 Å². The lowest BCUT2D eigenvalue weighted by molar-refractivity contribution is 0.0711. The molecule has 0 saturated carbocycles. The first kappa shape index (κ1) is 15.8. The van der Waals surface area contributed by atoms with Gasteiger partial charge in [-0.15, -0.1) is 0 Å². The zero-order valence-electron chi connectivity index (χ0n) is 14.2. The Bertz CT molecular complexity index is 667. The van der Waals surface area contributed by atoms with Crippen LogP contribution in [0, 0.1) is 0 Å². The number of rotatable bonds is 3. The summed E-state index contributed by atoms with van der Waals surface area (Å²) in [4.78, 5) is 14.8. The quantitative estimate of drug-likeness (QED) is 0.869. The van der Waals surface area contributed by atoms with E-state index in [9.17, 15) is 4.79 Å². The van der Waals surface area contributed by atoms with Crippen LogP contribution in [0.4, 0.5) is 0 Å². The molecule has 1 amide bonds. The Morgan fingerprint density at radius 2 is 1.83 bits per heavy atom. The third-order valence-electron chi connectivity index (χ3n) is 4.69. The van der Waals surface area contributed by atoms with Gasteiger partial charge < -0.3 is 4.90 Å². The minimum absolute atomic E-state index is 0.133. The number of carbonyl (C=O) groups is 1. The summed E-state index contributed by atoms with van der Waals surface area (Å²) >= 11 is 0. The van der Waals surface area contributed by atoms with Gasteiger partial charge in [0.05, 0.1) is 11.3 Å². The van der Waals surface area contributed by atoms with E-state index >= 15 is 0 Å². The number of nitrogens with zero attached hydrogens (tertiary/aromatic N) is 3. The van der Waals surface area contributed by atoms with E-state index in [2.05, 4.69) is 49.3 Å². The third kappa shape index (κ3) is 3.31. The summed E-state index contributed by atoms with van der Waals surface area (Å²) in [6.45, 7) is 5.82. The maximum atomic E-state index is 12.9. The summed E-state index contributed by atoms with van der Waals surface area (Å²) in [6, 6.07) is 10.6. The minimum Gasteiger partial charge on any atom is -0.338 e. The van der Waals surface area contributed by atoms with Crippen LogP contribution < -0.4 is 0 Å². The summed E-state index contributed by atoms with van der Waals surface area (Å²) < 4.78 is 1.75. The second-order valence-electron chi connectivity index (χ2n) is 6.73. The van der Waals surface area contributed by atoms with Gasteiger partial charge in [0.1, 0.15) is 0 Å². The Labute approximate surface area is 138 Å². The van der Waals surface area contributed by atoms with Crippen molar-refractivity contribution < 1.29 is 4.79 Å². The summed E-state index contributed by atoms with van der Waals surface area (Å²) in [5, 5.41) is 4.46. The van der Waals surface area contributed by atoms with E-state index in [-0.39, 0.29) is 11.8 Å². The van der Waals surface area contributed by atoms with E-state index in [0.29, 0.717) is 5.92 Å². The van der Waals surface area contributed by atoms with Gasteiger partial charge >= 0.3 is 0 Å². The first-order valence-electron chi connectivity index (χ1n) is 8.44. The molecule has 1 fully saturated rings. The molecule has 1 saturated heterocycles. The molecule has 4 heteroatoms. The fourth-order valence-electron chi connectivity index (χ4n) is 3.41. The standard InChI is InChI=1S/C19H25N3O/c1-14(2)18-17(13-21(3)20-18)19(23)22-11-9-16(10-12-22)15-7-5-4-6-8-15/h4-8,13-14,16H,9-12H2,1-3H3. The molecule has 2 heterocycles. The first-order valence-corrected chi connectivity index (χ1v) is 8.44. The van der Waals surface area contributed by atoms with Gasteiger partial charge in [0.25, 0.3) is 5.91 Å². The Morgan fingerprint density at radius 1 is 1.17 bits per heavy atom. The molecule has 2 aromatic rings. The zero-order chi connectivity index (χ0) is 16.4. The third-order valence-corrected chi connectivity index (χ3v) is 4.69. The smallest absolute Gasteiger partial charge is 0.257 e. The van der Waals surface area contributed by atoms with Crippen LogP contribution in [-0.4, -0.2) is 33.7 Å². The van der Waals surface area contributed by atoms with Gasteiger partial charge in [-0.05, 0) is 30.2 Å². The molecule has 3 rings (SSSR count). The summed E-state index contributed by atoms with van der Waals surface area (Å²) in [6.07, 6.45) is 3.93. The molecule has 1 aromatic heterocycles. The van der Waals surface area contributed by atoms with Crippen molar-refractivity contribution in [3.05, 3.63) is 53.3 Å². The van der Waals surface area contributed by atoms with Gasteiger partial charge in [0, 0.05) is 26.3 Å². The van der Waals surface area contributed by atoms with Crippen molar-refractivity contribution in [2.75, 3.05) is 13.1 Å². The highest BCUT2D eigenvalue weighted by Gasteiger charge is 2.27. The van der Waals surface area contributed by atoms with Gasteiger partial charge in [0.2, 0.25) is 0 Å². The fraction of sp³-hybridized carbons (Fsp3) is 0.474. The maximum Gasteiger partial charge on any atom is 0.257 e. The molecule has 4 nitrogen and oxygen atoms in total. The molecule has 0 aliphatic carbocycles. The van der Waals surface area contributed by atoms with Crippen LogP contribution in [0.2, 0.25) is 0 Å². The van der Waals surface area contributed by atoms with E-state index in [1.807, 2.05) is 18.1 Å². The molecule has 0 N–H and O–H groups in total. The highest BCUT2D eigenvalue weighted by atomic mass is 16.2. The molecule has 0 bridgehead atoms. The molecule has 23 heavy (non-hydrogen) atoms. The summed E-state index contributed by atoms with van der Waals surface area (Å²) in [7, 11) is 1.88. The average Bonchev–Trinajstić information content (AvgIpc) is 2.97. The predicted octanol–water partition coefficient (Wildman–Crippen LogP) is 3.56. The zero-order valence-corrected chi connectivity index (χ0v) is 14.2. The second-order valence-corrected chi connectivity index (χ2v) is 6.73. The van der Waals surface area contributed by atoms with Gasteiger partial charge in [-0.25, -0.2) is 0 Å². The first-order chi connectivity index (χ1) is 11.1. The lowest BCUT2D eigenvalue weighted by Gasteiger charge is -2.32. The van der Waals surface area contributed by atoms with Gasteiger partial charge in [-0.1, -0.05) is 44.2 Å². The minimum atomic E-state index is 0.133. The van der Waals surface area contributed by atoms with Crippen LogP contribution in [0.1, 0.15) is 60.1 Å². The van der Waals surface area contributed by atoms with Crippen molar-refractivity contribution in [3.63, 3.8) is 0 Å². The maximum absolute atomic E-state index is 12.9. The number of aromatic nitrogens is 2. The van der Waals surface area contributed by atoms with Crippen molar-refractivity contribution in [2.45, 2.75) is 38.5 Å². The van der Waals surface area contributed by atoms with Crippen LogP contribution in [0.5, 0.6) is 0 Å². The number of aryl methyl sites for hydroxylation is 1. The number of carbonyl (C=O) groups excluding carboxylic acids is 1. The number of hydrogen-bond donors (Lipinski definition) is 0. The van der Waals surface area contributed by atoms with Crippen LogP contribution in [0.3, 0.4) is 0 Å². The van der Waals surface area contributed by atoms with Crippen molar-refractivity contribution in [1.29, 1.82) is 0 Å². The SMILES string of the molecule is CC(C)c1nn(C)cc1C(=O)N1CCC(c2ccccc2)CC1. The molecule has 0 radical (unpaired) electrons. The Kier molecular flexibility index (Phi) is 4.51. The van der Waals surface area contributed by atoms with Crippen molar-refractivity contribution in [1.82, 2.24) is 14.7 Å².